The minimum absolute atomic E-state index is 0.123. The average Bonchev–Trinajstić information content (AvgIpc) is 2.77. The van der Waals surface area contributed by atoms with Gasteiger partial charge >= 0.3 is 0 Å². The number of rotatable bonds is 3. The van der Waals surface area contributed by atoms with E-state index in [4.69, 9.17) is 11.6 Å². The SMILES string of the molecule is O=S(=O)(Nc1ccc(F)nc1)c1c(Cl)nc2ccccn12. The summed E-state index contributed by atoms with van der Waals surface area (Å²) in [6.07, 6.45) is 2.61. The number of imidazole rings is 1. The van der Waals surface area contributed by atoms with Gasteiger partial charge in [-0.1, -0.05) is 17.7 Å². The van der Waals surface area contributed by atoms with Gasteiger partial charge in [0, 0.05) is 6.20 Å². The van der Waals surface area contributed by atoms with Crippen LogP contribution in [-0.2, 0) is 10.0 Å². The first kappa shape index (κ1) is 13.8. The summed E-state index contributed by atoms with van der Waals surface area (Å²) in [5, 5.41) is -0.340. The van der Waals surface area contributed by atoms with Crippen molar-refractivity contribution in [2.45, 2.75) is 5.03 Å². The molecule has 108 valence electrons. The molecule has 0 unspecified atom stereocenters. The van der Waals surface area contributed by atoms with Gasteiger partial charge in [-0.05, 0) is 24.3 Å². The van der Waals surface area contributed by atoms with Crippen LogP contribution in [0.15, 0.2) is 47.8 Å². The summed E-state index contributed by atoms with van der Waals surface area (Å²) in [5.41, 5.74) is 0.526. The minimum Gasteiger partial charge on any atom is -0.288 e. The predicted molar refractivity (Wildman–Crippen MR) is 75.2 cm³/mol. The van der Waals surface area contributed by atoms with Crippen molar-refractivity contribution in [1.82, 2.24) is 14.4 Å². The Bertz CT molecular complexity index is 909. The third kappa shape index (κ3) is 2.55. The Morgan fingerprint density at radius 2 is 2.05 bits per heavy atom. The number of sulfonamides is 1. The molecule has 0 aliphatic carbocycles. The van der Waals surface area contributed by atoms with Gasteiger partial charge in [-0.3, -0.25) is 9.12 Å². The van der Waals surface area contributed by atoms with Gasteiger partial charge in [0.1, 0.15) is 5.65 Å². The second-order valence-electron chi connectivity index (χ2n) is 4.11. The molecule has 0 aliphatic rings. The van der Waals surface area contributed by atoms with E-state index in [1.165, 1.54) is 16.7 Å². The summed E-state index contributed by atoms with van der Waals surface area (Å²) in [6.45, 7) is 0. The number of nitrogens with zero attached hydrogens (tertiary/aromatic N) is 3. The molecule has 3 heterocycles. The van der Waals surface area contributed by atoms with Crippen molar-refractivity contribution in [1.29, 1.82) is 0 Å². The van der Waals surface area contributed by atoms with Crippen LogP contribution in [0.3, 0.4) is 0 Å². The molecule has 0 radical (unpaired) electrons. The Labute approximate surface area is 124 Å². The lowest BCUT2D eigenvalue weighted by Crippen LogP contribution is -2.15. The number of pyridine rings is 2. The lowest BCUT2D eigenvalue weighted by molar-refractivity contribution is 0.583. The first-order chi connectivity index (χ1) is 9.97. The molecular weight excluding hydrogens is 319 g/mol. The van der Waals surface area contributed by atoms with Gasteiger partial charge < -0.3 is 0 Å². The molecule has 0 bridgehead atoms. The van der Waals surface area contributed by atoms with E-state index in [2.05, 4.69) is 14.7 Å². The summed E-state index contributed by atoms with van der Waals surface area (Å²) < 4.78 is 41.2. The highest BCUT2D eigenvalue weighted by atomic mass is 35.5. The molecule has 0 saturated heterocycles. The zero-order chi connectivity index (χ0) is 15.0. The molecule has 0 aliphatic heterocycles. The highest BCUT2D eigenvalue weighted by Crippen LogP contribution is 2.24. The van der Waals surface area contributed by atoms with Crippen LogP contribution in [0.5, 0.6) is 0 Å². The van der Waals surface area contributed by atoms with E-state index in [-0.39, 0.29) is 15.9 Å². The van der Waals surface area contributed by atoms with Crippen LogP contribution in [0.4, 0.5) is 10.1 Å². The maximum Gasteiger partial charge on any atom is 0.281 e. The van der Waals surface area contributed by atoms with Gasteiger partial charge in [-0.25, -0.2) is 9.97 Å². The number of nitrogens with one attached hydrogen (secondary N) is 1. The second kappa shape index (κ2) is 4.97. The first-order valence-corrected chi connectivity index (χ1v) is 7.60. The smallest absolute Gasteiger partial charge is 0.281 e. The number of halogens is 2. The van der Waals surface area contributed by atoms with Gasteiger partial charge in [-0.2, -0.15) is 12.8 Å². The van der Waals surface area contributed by atoms with E-state index in [0.717, 1.165) is 12.3 Å². The molecule has 0 saturated carbocycles. The summed E-state index contributed by atoms with van der Waals surface area (Å²) in [6, 6.07) is 7.31. The van der Waals surface area contributed by atoms with E-state index in [1.54, 1.807) is 18.2 Å². The van der Waals surface area contributed by atoms with Crippen molar-refractivity contribution in [3.05, 3.63) is 53.8 Å². The van der Waals surface area contributed by atoms with Gasteiger partial charge in [0.25, 0.3) is 10.0 Å². The monoisotopic (exact) mass is 326 g/mol. The molecule has 0 atom stereocenters. The predicted octanol–water partition coefficient (Wildman–Crippen LogP) is 2.32. The quantitative estimate of drug-likeness (QED) is 0.749. The van der Waals surface area contributed by atoms with Crippen LogP contribution < -0.4 is 4.72 Å². The number of fused-ring (bicyclic) bond motifs is 1. The third-order valence-electron chi connectivity index (χ3n) is 2.68. The number of hydrogen-bond acceptors (Lipinski definition) is 4. The second-order valence-corrected chi connectivity index (χ2v) is 6.07. The lowest BCUT2D eigenvalue weighted by Gasteiger charge is -2.07. The topological polar surface area (TPSA) is 76.4 Å². The van der Waals surface area contributed by atoms with Crippen molar-refractivity contribution < 1.29 is 12.8 Å². The Kier molecular flexibility index (Phi) is 3.26. The zero-order valence-corrected chi connectivity index (χ0v) is 11.9. The van der Waals surface area contributed by atoms with Gasteiger partial charge in [-0.15, -0.1) is 0 Å². The van der Waals surface area contributed by atoms with Gasteiger partial charge in [0.05, 0.1) is 11.9 Å². The summed E-state index contributed by atoms with van der Waals surface area (Å²) >= 11 is 5.92. The van der Waals surface area contributed by atoms with E-state index < -0.39 is 16.0 Å². The van der Waals surface area contributed by atoms with Gasteiger partial charge in [0.15, 0.2) is 10.2 Å². The summed E-state index contributed by atoms with van der Waals surface area (Å²) in [5.74, 6) is -0.703. The fourth-order valence-corrected chi connectivity index (χ4v) is 3.52. The molecule has 1 N–H and O–H groups in total. The minimum atomic E-state index is -3.98. The Hall–Kier alpha value is -2.19. The van der Waals surface area contributed by atoms with E-state index in [1.807, 2.05) is 0 Å². The fraction of sp³-hybridized carbons (Fsp3) is 0. The molecule has 9 heteroatoms. The maximum atomic E-state index is 12.7. The average molecular weight is 327 g/mol. The van der Waals surface area contributed by atoms with Crippen LogP contribution in [-0.4, -0.2) is 22.8 Å². The van der Waals surface area contributed by atoms with Crippen molar-refractivity contribution in [3.63, 3.8) is 0 Å². The van der Waals surface area contributed by atoms with Crippen LogP contribution in [0, 0.1) is 5.95 Å². The highest BCUT2D eigenvalue weighted by Gasteiger charge is 2.24. The van der Waals surface area contributed by atoms with E-state index in [0.29, 0.717) is 5.65 Å². The Morgan fingerprint density at radius 3 is 2.76 bits per heavy atom. The van der Waals surface area contributed by atoms with E-state index >= 15 is 0 Å². The number of anilines is 1. The van der Waals surface area contributed by atoms with Crippen LogP contribution in [0.1, 0.15) is 0 Å². The number of hydrogen-bond donors (Lipinski definition) is 1. The fourth-order valence-electron chi connectivity index (χ4n) is 1.82. The molecule has 21 heavy (non-hydrogen) atoms. The maximum absolute atomic E-state index is 12.7. The van der Waals surface area contributed by atoms with Crippen molar-refractivity contribution in [3.8, 4) is 0 Å². The van der Waals surface area contributed by atoms with Crippen LogP contribution in [0.2, 0.25) is 5.15 Å². The normalized spacial score (nSPS) is 11.7. The standard InChI is InChI=1S/C12H8ClFN4O2S/c13-11-12(18-6-2-1-3-10(18)16-11)21(19,20)17-8-4-5-9(14)15-7-8/h1-7,17H. The molecular formula is C12H8ClFN4O2S. The molecule has 3 rings (SSSR count). The van der Waals surface area contributed by atoms with Crippen molar-refractivity contribution >= 4 is 33.0 Å². The Morgan fingerprint density at radius 1 is 1.24 bits per heavy atom. The molecule has 3 aromatic rings. The molecule has 0 fully saturated rings. The number of aromatic nitrogens is 3. The third-order valence-corrected chi connectivity index (χ3v) is 4.46. The van der Waals surface area contributed by atoms with Crippen LogP contribution in [0.25, 0.3) is 5.65 Å². The van der Waals surface area contributed by atoms with Gasteiger partial charge in [0.2, 0.25) is 5.95 Å². The molecule has 0 aromatic carbocycles. The summed E-state index contributed by atoms with van der Waals surface area (Å²) in [7, 11) is -3.98. The Balaban J connectivity index is 2.08. The van der Waals surface area contributed by atoms with Crippen molar-refractivity contribution in [2.24, 2.45) is 0 Å². The lowest BCUT2D eigenvalue weighted by atomic mass is 10.4. The van der Waals surface area contributed by atoms with E-state index in [9.17, 15) is 12.8 Å². The molecule has 6 nitrogen and oxygen atoms in total. The first-order valence-electron chi connectivity index (χ1n) is 5.74. The molecule has 3 aromatic heterocycles. The molecule has 0 spiro atoms. The highest BCUT2D eigenvalue weighted by molar-refractivity contribution is 7.92. The van der Waals surface area contributed by atoms with Crippen molar-refractivity contribution in [2.75, 3.05) is 4.72 Å². The zero-order valence-electron chi connectivity index (χ0n) is 10.4. The summed E-state index contributed by atoms with van der Waals surface area (Å²) in [4.78, 5) is 7.35. The van der Waals surface area contributed by atoms with Crippen LogP contribution >= 0.6 is 11.6 Å². The largest absolute Gasteiger partial charge is 0.288 e. The molecule has 0 amide bonds.